The minimum Gasteiger partial charge on any atom is -0.354 e. The van der Waals surface area contributed by atoms with Gasteiger partial charge in [0.15, 0.2) is 0 Å². The molecule has 0 spiro atoms. The Hall–Kier alpha value is -2.98. The van der Waals surface area contributed by atoms with Gasteiger partial charge in [0.25, 0.3) is 0 Å². The quantitative estimate of drug-likeness (QED) is 0.727. The predicted octanol–water partition coefficient (Wildman–Crippen LogP) is 1.12. The van der Waals surface area contributed by atoms with Gasteiger partial charge in [-0.25, -0.2) is 13.4 Å². The van der Waals surface area contributed by atoms with Crippen molar-refractivity contribution in [2.24, 2.45) is 5.92 Å². The average molecular weight is 415 g/mol. The smallest absolute Gasteiger partial charge is 0.243 e. The van der Waals surface area contributed by atoms with E-state index in [0.717, 1.165) is 5.82 Å². The molecule has 0 aliphatic carbocycles. The number of pyridine rings is 1. The second-order valence-corrected chi connectivity index (χ2v) is 8.92. The maximum absolute atomic E-state index is 13.1. The predicted molar refractivity (Wildman–Crippen MR) is 108 cm³/mol. The number of rotatable bonds is 3. The summed E-state index contributed by atoms with van der Waals surface area (Å²) in [5.41, 5.74) is 0.660. The van der Waals surface area contributed by atoms with E-state index in [1.54, 1.807) is 6.20 Å². The molecular formula is C19H21N5O4S. The number of aromatic nitrogens is 1. The molecule has 4 rings (SSSR count). The van der Waals surface area contributed by atoms with Gasteiger partial charge < -0.3 is 15.5 Å². The Morgan fingerprint density at radius 1 is 0.966 bits per heavy atom. The van der Waals surface area contributed by atoms with Gasteiger partial charge in [0.1, 0.15) is 11.7 Å². The first-order valence-electron chi connectivity index (χ1n) is 9.28. The normalized spacial score (nSPS) is 20.4. The van der Waals surface area contributed by atoms with Gasteiger partial charge in [0, 0.05) is 32.4 Å². The fourth-order valence-corrected chi connectivity index (χ4v) is 4.79. The summed E-state index contributed by atoms with van der Waals surface area (Å²) in [4.78, 5) is 30.5. The van der Waals surface area contributed by atoms with E-state index in [-0.39, 0.29) is 10.6 Å². The molecule has 0 bridgehead atoms. The van der Waals surface area contributed by atoms with Crippen LogP contribution in [0.2, 0.25) is 0 Å². The highest BCUT2D eigenvalue weighted by molar-refractivity contribution is 7.89. The lowest BCUT2D eigenvalue weighted by Gasteiger charge is -2.34. The number of benzene rings is 1. The van der Waals surface area contributed by atoms with Crippen LogP contribution in [0.3, 0.4) is 0 Å². The van der Waals surface area contributed by atoms with E-state index in [9.17, 15) is 18.0 Å². The van der Waals surface area contributed by atoms with Gasteiger partial charge in [-0.15, -0.1) is 0 Å². The van der Waals surface area contributed by atoms with Crippen LogP contribution in [0.5, 0.6) is 0 Å². The molecule has 9 nitrogen and oxygen atoms in total. The summed E-state index contributed by atoms with van der Waals surface area (Å²) < 4.78 is 27.6. The number of carbonyl (C=O) groups is 2. The van der Waals surface area contributed by atoms with Crippen LogP contribution in [0.1, 0.15) is 6.92 Å². The molecule has 2 aromatic rings. The molecule has 152 valence electrons. The second-order valence-electron chi connectivity index (χ2n) is 6.99. The van der Waals surface area contributed by atoms with Crippen molar-refractivity contribution in [3.63, 3.8) is 0 Å². The van der Waals surface area contributed by atoms with Crippen LogP contribution in [0.15, 0.2) is 47.5 Å². The standard InChI is InChI=1S/C19H21N5O4S/c1-13-18(25)21-15-6-5-14(12-16(15)22-19(13)26)29(27,28)24-10-8-23(9-11-24)17-4-2-3-7-20-17/h2-7,12-13H,8-11H2,1H3,(H,21,25)(H,22,26). The highest BCUT2D eigenvalue weighted by atomic mass is 32.2. The monoisotopic (exact) mass is 415 g/mol. The molecule has 2 aliphatic heterocycles. The lowest BCUT2D eigenvalue weighted by Crippen LogP contribution is -2.48. The summed E-state index contributed by atoms with van der Waals surface area (Å²) in [6, 6.07) is 9.98. The molecule has 0 radical (unpaired) electrons. The Morgan fingerprint density at radius 3 is 2.31 bits per heavy atom. The molecule has 2 N–H and O–H groups in total. The lowest BCUT2D eigenvalue weighted by molar-refractivity contribution is -0.128. The number of hydrogen-bond acceptors (Lipinski definition) is 6. The van der Waals surface area contributed by atoms with E-state index in [1.165, 1.54) is 29.4 Å². The molecule has 1 aromatic heterocycles. The van der Waals surface area contributed by atoms with E-state index >= 15 is 0 Å². The summed E-state index contributed by atoms with van der Waals surface area (Å²) in [7, 11) is -3.74. The van der Waals surface area contributed by atoms with Crippen LogP contribution in [0.25, 0.3) is 0 Å². The highest BCUT2D eigenvalue weighted by Crippen LogP contribution is 2.30. The third kappa shape index (κ3) is 3.68. The van der Waals surface area contributed by atoms with Gasteiger partial charge in [-0.1, -0.05) is 6.07 Å². The first-order valence-corrected chi connectivity index (χ1v) is 10.7. The van der Waals surface area contributed by atoms with Gasteiger partial charge in [-0.05, 0) is 37.3 Å². The number of carbonyl (C=O) groups excluding carboxylic acids is 2. The Morgan fingerprint density at radius 2 is 1.66 bits per heavy atom. The van der Waals surface area contributed by atoms with Crippen LogP contribution in [0, 0.1) is 5.92 Å². The lowest BCUT2D eigenvalue weighted by atomic mass is 10.1. The Kier molecular flexibility index (Phi) is 4.97. The van der Waals surface area contributed by atoms with Crippen molar-refractivity contribution in [2.45, 2.75) is 11.8 Å². The molecule has 1 unspecified atom stereocenters. The molecule has 10 heteroatoms. The van der Waals surface area contributed by atoms with Crippen molar-refractivity contribution in [1.29, 1.82) is 0 Å². The number of piperazine rings is 1. The molecule has 1 fully saturated rings. The molecule has 1 atom stereocenters. The minimum absolute atomic E-state index is 0.0756. The summed E-state index contributed by atoms with van der Waals surface area (Å²) >= 11 is 0. The van der Waals surface area contributed by atoms with Crippen LogP contribution < -0.4 is 15.5 Å². The largest absolute Gasteiger partial charge is 0.354 e. The third-order valence-electron chi connectivity index (χ3n) is 5.14. The number of sulfonamides is 1. The Balaban J connectivity index is 1.54. The van der Waals surface area contributed by atoms with Gasteiger partial charge in [-0.3, -0.25) is 9.59 Å². The van der Waals surface area contributed by atoms with Crippen molar-refractivity contribution < 1.29 is 18.0 Å². The first-order chi connectivity index (χ1) is 13.9. The SMILES string of the molecule is CC1C(=O)Nc2ccc(S(=O)(=O)N3CCN(c4ccccn4)CC3)cc2NC1=O. The van der Waals surface area contributed by atoms with E-state index in [2.05, 4.69) is 15.6 Å². The van der Waals surface area contributed by atoms with Gasteiger partial charge >= 0.3 is 0 Å². The number of nitrogens with zero attached hydrogens (tertiary/aromatic N) is 3. The molecule has 0 saturated carbocycles. The Bertz CT molecular complexity index is 1050. The van der Waals surface area contributed by atoms with Crippen LogP contribution in [0.4, 0.5) is 17.2 Å². The maximum atomic E-state index is 13.1. The minimum atomic E-state index is -3.74. The van der Waals surface area contributed by atoms with Gasteiger partial charge in [-0.2, -0.15) is 4.31 Å². The summed E-state index contributed by atoms with van der Waals surface area (Å²) in [5, 5.41) is 5.27. The Labute approximate surface area is 168 Å². The molecule has 1 aromatic carbocycles. The zero-order chi connectivity index (χ0) is 20.6. The summed E-state index contributed by atoms with van der Waals surface area (Å²) in [6.45, 7) is 3.22. The van der Waals surface area contributed by atoms with Crippen LogP contribution in [-0.4, -0.2) is 55.7 Å². The molecule has 2 aliphatic rings. The zero-order valence-corrected chi connectivity index (χ0v) is 16.6. The number of nitrogens with one attached hydrogen (secondary N) is 2. The fourth-order valence-electron chi connectivity index (χ4n) is 3.34. The average Bonchev–Trinajstić information content (AvgIpc) is 2.84. The van der Waals surface area contributed by atoms with Crippen molar-refractivity contribution in [1.82, 2.24) is 9.29 Å². The van der Waals surface area contributed by atoms with Crippen molar-refractivity contribution >= 4 is 39.0 Å². The van der Waals surface area contributed by atoms with E-state index in [0.29, 0.717) is 31.9 Å². The van der Waals surface area contributed by atoms with Crippen LogP contribution in [-0.2, 0) is 19.6 Å². The van der Waals surface area contributed by atoms with Crippen molar-refractivity contribution in [3.8, 4) is 0 Å². The molecule has 2 amide bonds. The number of hydrogen-bond donors (Lipinski definition) is 2. The summed E-state index contributed by atoms with van der Waals surface area (Å²) in [6.07, 6.45) is 1.71. The molecule has 3 heterocycles. The first kappa shape index (κ1) is 19.3. The van der Waals surface area contributed by atoms with Gasteiger partial charge in [0.2, 0.25) is 21.8 Å². The van der Waals surface area contributed by atoms with Crippen LogP contribution >= 0.6 is 0 Å². The van der Waals surface area contributed by atoms with Gasteiger partial charge in [0.05, 0.1) is 16.3 Å². The van der Waals surface area contributed by atoms with E-state index in [1.807, 2.05) is 23.1 Å². The number of fused-ring (bicyclic) bond motifs is 1. The topological polar surface area (TPSA) is 112 Å². The van der Waals surface area contributed by atoms with Crippen molar-refractivity contribution in [2.75, 3.05) is 41.7 Å². The zero-order valence-electron chi connectivity index (χ0n) is 15.8. The molecule has 29 heavy (non-hydrogen) atoms. The molecule has 1 saturated heterocycles. The van der Waals surface area contributed by atoms with E-state index in [4.69, 9.17) is 0 Å². The fraction of sp³-hybridized carbons (Fsp3) is 0.316. The maximum Gasteiger partial charge on any atom is 0.243 e. The summed E-state index contributed by atoms with van der Waals surface area (Å²) in [5.74, 6) is -0.938. The third-order valence-corrected chi connectivity index (χ3v) is 7.04. The number of anilines is 3. The highest BCUT2D eigenvalue weighted by Gasteiger charge is 2.31. The second kappa shape index (κ2) is 7.45. The molecular weight excluding hydrogens is 394 g/mol. The van der Waals surface area contributed by atoms with Crippen molar-refractivity contribution in [3.05, 3.63) is 42.6 Å². The number of amides is 2. The van der Waals surface area contributed by atoms with E-state index < -0.39 is 27.8 Å².